The summed E-state index contributed by atoms with van der Waals surface area (Å²) in [5.41, 5.74) is 0.0834. The second-order valence-electron chi connectivity index (χ2n) is 5.18. The maximum absolute atomic E-state index is 12.5. The SMILES string of the molecule is CNC(=O)c1ccc(NC(=O)C2(OC)CCNCC2)cc1Cl.Cl. The van der Waals surface area contributed by atoms with Crippen LogP contribution in [-0.2, 0) is 9.53 Å². The number of methoxy groups -OCH3 is 1. The molecule has 0 aromatic heterocycles. The number of hydrogen-bond acceptors (Lipinski definition) is 4. The molecule has 0 saturated carbocycles. The lowest BCUT2D eigenvalue weighted by atomic mass is 9.91. The first kappa shape index (κ1) is 19.7. The molecule has 6 nitrogen and oxygen atoms in total. The third-order valence-corrected chi connectivity index (χ3v) is 4.23. The summed E-state index contributed by atoms with van der Waals surface area (Å²) in [7, 11) is 3.08. The van der Waals surface area contributed by atoms with E-state index in [2.05, 4.69) is 16.0 Å². The van der Waals surface area contributed by atoms with Gasteiger partial charge in [-0.1, -0.05) is 11.6 Å². The second-order valence-corrected chi connectivity index (χ2v) is 5.58. The number of rotatable bonds is 4. The number of carbonyl (C=O) groups excluding carboxylic acids is 2. The number of carbonyl (C=O) groups is 2. The van der Waals surface area contributed by atoms with Crippen LogP contribution in [0.2, 0.25) is 5.02 Å². The van der Waals surface area contributed by atoms with Gasteiger partial charge in [-0.05, 0) is 44.1 Å². The fourth-order valence-electron chi connectivity index (χ4n) is 2.51. The zero-order chi connectivity index (χ0) is 16.2. The summed E-state index contributed by atoms with van der Waals surface area (Å²) in [6, 6.07) is 4.80. The zero-order valence-corrected chi connectivity index (χ0v) is 14.6. The van der Waals surface area contributed by atoms with Crippen LogP contribution >= 0.6 is 24.0 Å². The highest BCUT2D eigenvalue weighted by Gasteiger charge is 2.39. The highest BCUT2D eigenvalue weighted by atomic mass is 35.5. The molecule has 1 aromatic rings. The van der Waals surface area contributed by atoms with Gasteiger partial charge in [0, 0.05) is 19.8 Å². The van der Waals surface area contributed by atoms with E-state index in [1.165, 1.54) is 7.05 Å². The fourth-order valence-corrected chi connectivity index (χ4v) is 2.78. The fraction of sp³-hybridized carbons (Fsp3) is 0.467. The lowest BCUT2D eigenvalue weighted by molar-refractivity contribution is -0.140. The predicted octanol–water partition coefficient (Wildman–Crippen LogP) is 1.83. The quantitative estimate of drug-likeness (QED) is 0.764. The Labute approximate surface area is 146 Å². The molecule has 0 aliphatic carbocycles. The van der Waals surface area contributed by atoms with E-state index < -0.39 is 5.60 Å². The van der Waals surface area contributed by atoms with E-state index in [0.29, 0.717) is 24.1 Å². The van der Waals surface area contributed by atoms with E-state index in [-0.39, 0.29) is 29.2 Å². The third-order valence-electron chi connectivity index (χ3n) is 3.91. The van der Waals surface area contributed by atoms with Gasteiger partial charge < -0.3 is 20.7 Å². The molecule has 0 unspecified atom stereocenters. The van der Waals surface area contributed by atoms with Crippen molar-refractivity contribution in [3.8, 4) is 0 Å². The van der Waals surface area contributed by atoms with E-state index in [4.69, 9.17) is 16.3 Å². The van der Waals surface area contributed by atoms with Crippen molar-refractivity contribution in [2.24, 2.45) is 0 Å². The average Bonchev–Trinajstić information content (AvgIpc) is 2.54. The lowest BCUT2D eigenvalue weighted by Gasteiger charge is -2.34. The minimum atomic E-state index is -0.822. The first-order valence-corrected chi connectivity index (χ1v) is 7.49. The van der Waals surface area contributed by atoms with Crippen LogP contribution in [0.3, 0.4) is 0 Å². The smallest absolute Gasteiger partial charge is 0.256 e. The molecule has 23 heavy (non-hydrogen) atoms. The number of hydrogen-bond donors (Lipinski definition) is 3. The first-order valence-electron chi connectivity index (χ1n) is 7.11. The van der Waals surface area contributed by atoms with Gasteiger partial charge in [0.15, 0.2) is 0 Å². The predicted molar refractivity (Wildman–Crippen MR) is 92.6 cm³/mol. The number of benzene rings is 1. The molecule has 1 aliphatic rings. The number of piperidine rings is 1. The van der Waals surface area contributed by atoms with Crippen LogP contribution in [0, 0.1) is 0 Å². The van der Waals surface area contributed by atoms with Gasteiger partial charge in [-0.15, -0.1) is 12.4 Å². The Balaban J connectivity index is 0.00000264. The Kier molecular flexibility index (Phi) is 7.28. The second kappa shape index (κ2) is 8.49. The van der Waals surface area contributed by atoms with E-state index in [1.807, 2.05) is 0 Å². The average molecular weight is 362 g/mol. The van der Waals surface area contributed by atoms with Gasteiger partial charge in [0.05, 0.1) is 10.6 Å². The molecular formula is C15H21Cl2N3O3. The molecule has 2 amide bonds. The molecule has 8 heteroatoms. The molecule has 0 spiro atoms. The Bertz CT molecular complexity index is 575. The van der Waals surface area contributed by atoms with E-state index in [9.17, 15) is 9.59 Å². The molecule has 1 heterocycles. The van der Waals surface area contributed by atoms with Gasteiger partial charge in [-0.3, -0.25) is 9.59 Å². The molecular weight excluding hydrogens is 341 g/mol. The molecule has 0 bridgehead atoms. The van der Waals surface area contributed by atoms with Crippen LogP contribution in [0.1, 0.15) is 23.2 Å². The molecule has 0 radical (unpaired) electrons. The van der Waals surface area contributed by atoms with Crippen LogP contribution in [0.5, 0.6) is 0 Å². The molecule has 0 atom stereocenters. The third kappa shape index (κ3) is 4.35. The van der Waals surface area contributed by atoms with Crippen molar-refractivity contribution in [1.82, 2.24) is 10.6 Å². The number of nitrogens with one attached hydrogen (secondary N) is 3. The Morgan fingerprint density at radius 1 is 1.30 bits per heavy atom. The van der Waals surface area contributed by atoms with Gasteiger partial charge in [0.25, 0.3) is 11.8 Å². The highest BCUT2D eigenvalue weighted by molar-refractivity contribution is 6.34. The van der Waals surface area contributed by atoms with Gasteiger partial charge in [-0.25, -0.2) is 0 Å². The lowest BCUT2D eigenvalue weighted by Crippen LogP contribution is -2.51. The monoisotopic (exact) mass is 361 g/mol. The maximum atomic E-state index is 12.5. The standard InChI is InChI=1S/C15H20ClN3O3.ClH/c1-17-13(20)11-4-3-10(9-12(11)16)19-14(21)15(22-2)5-7-18-8-6-15;/h3-4,9,18H,5-8H2,1-2H3,(H,17,20)(H,19,21);1H. The zero-order valence-electron chi connectivity index (χ0n) is 13.1. The Hall–Kier alpha value is -1.34. The summed E-state index contributed by atoms with van der Waals surface area (Å²) in [5, 5.41) is 8.82. The van der Waals surface area contributed by atoms with Gasteiger partial charge in [0.1, 0.15) is 5.60 Å². The summed E-state index contributed by atoms with van der Waals surface area (Å²) < 4.78 is 5.47. The molecule has 2 rings (SSSR count). The minimum Gasteiger partial charge on any atom is -0.368 e. The molecule has 1 fully saturated rings. The Morgan fingerprint density at radius 2 is 1.96 bits per heavy atom. The van der Waals surface area contributed by atoms with Crippen molar-refractivity contribution in [3.05, 3.63) is 28.8 Å². The van der Waals surface area contributed by atoms with Crippen molar-refractivity contribution in [1.29, 1.82) is 0 Å². The molecule has 128 valence electrons. The summed E-state index contributed by atoms with van der Waals surface area (Å²) >= 11 is 6.09. The normalized spacial score (nSPS) is 16.1. The van der Waals surface area contributed by atoms with Crippen LogP contribution in [0.25, 0.3) is 0 Å². The van der Waals surface area contributed by atoms with Gasteiger partial charge >= 0.3 is 0 Å². The Morgan fingerprint density at radius 3 is 2.48 bits per heavy atom. The summed E-state index contributed by atoms with van der Waals surface area (Å²) in [5.74, 6) is -0.463. The van der Waals surface area contributed by atoms with Crippen LogP contribution in [0.4, 0.5) is 5.69 Å². The van der Waals surface area contributed by atoms with Crippen molar-refractivity contribution in [2.45, 2.75) is 18.4 Å². The first-order chi connectivity index (χ1) is 10.5. The number of halogens is 2. The van der Waals surface area contributed by atoms with Gasteiger partial charge in [0.2, 0.25) is 0 Å². The highest BCUT2D eigenvalue weighted by Crippen LogP contribution is 2.26. The molecule has 3 N–H and O–H groups in total. The van der Waals surface area contributed by atoms with Crippen molar-refractivity contribution >= 4 is 41.5 Å². The number of amides is 2. The summed E-state index contributed by atoms with van der Waals surface area (Å²) in [6.07, 6.45) is 1.22. The number of anilines is 1. The maximum Gasteiger partial charge on any atom is 0.256 e. The van der Waals surface area contributed by atoms with Crippen LogP contribution < -0.4 is 16.0 Å². The molecule has 1 aliphatic heterocycles. The molecule has 1 saturated heterocycles. The topological polar surface area (TPSA) is 79.5 Å². The number of ether oxygens (including phenoxy) is 1. The van der Waals surface area contributed by atoms with Crippen molar-refractivity contribution in [2.75, 3.05) is 32.6 Å². The van der Waals surface area contributed by atoms with Gasteiger partial charge in [-0.2, -0.15) is 0 Å². The van der Waals surface area contributed by atoms with Crippen LogP contribution in [-0.4, -0.2) is 44.7 Å². The van der Waals surface area contributed by atoms with E-state index in [1.54, 1.807) is 25.3 Å². The minimum absolute atomic E-state index is 0. The molecule has 1 aromatic carbocycles. The largest absolute Gasteiger partial charge is 0.368 e. The van der Waals surface area contributed by atoms with E-state index in [0.717, 1.165) is 13.1 Å². The van der Waals surface area contributed by atoms with E-state index >= 15 is 0 Å². The summed E-state index contributed by atoms with van der Waals surface area (Å²) in [6.45, 7) is 1.47. The van der Waals surface area contributed by atoms with Crippen LogP contribution in [0.15, 0.2) is 18.2 Å². The summed E-state index contributed by atoms with van der Waals surface area (Å²) in [4.78, 5) is 24.1. The van der Waals surface area contributed by atoms with Crippen molar-refractivity contribution in [3.63, 3.8) is 0 Å². The van der Waals surface area contributed by atoms with Crippen molar-refractivity contribution < 1.29 is 14.3 Å².